The highest BCUT2D eigenvalue weighted by molar-refractivity contribution is 6.08. The zero-order valence-electron chi connectivity index (χ0n) is 19.6. The number of halogens is 1. The molecule has 9 nitrogen and oxygen atoms in total. The highest BCUT2D eigenvalue weighted by Gasteiger charge is 2.39. The van der Waals surface area contributed by atoms with Crippen molar-refractivity contribution >= 4 is 40.3 Å². The molecule has 2 N–H and O–H groups in total. The zero-order valence-corrected chi connectivity index (χ0v) is 19.6. The largest absolute Gasteiger partial charge is 0.329 e. The first-order chi connectivity index (χ1) is 17.3. The van der Waals surface area contributed by atoms with Gasteiger partial charge in [-0.15, -0.1) is 0 Å². The predicted molar refractivity (Wildman–Crippen MR) is 128 cm³/mol. The molecule has 2 aliphatic heterocycles. The number of fused-ring (bicyclic) bond motifs is 2. The summed E-state index contributed by atoms with van der Waals surface area (Å²) in [6.07, 6.45) is 6.83. The summed E-state index contributed by atoms with van der Waals surface area (Å²) in [7, 11) is 0. The fourth-order valence-electron chi connectivity index (χ4n) is 5.31. The Bertz CT molecular complexity index is 1470. The van der Waals surface area contributed by atoms with Gasteiger partial charge in [-0.25, -0.2) is 9.37 Å². The smallest absolute Gasteiger partial charge is 0.260 e. The van der Waals surface area contributed by atoms with Crippen LogP contribution in [0.25, 0.3) is 11.0 Å². The van der Waals surface area contributed by atoms with E-state index < -0.39 is 23.7 Å². The number of imide groups is 1. The molecule has 184 valence electrons. The van der Waals surface area contributed by atoms with Crippen molar-refractivity contribution in [2.75, 3.05) is 5.32 Å². The topological polar surface area (TPSA) is 113 Å². The molecule has 1 saturated heterocycles. The van der Waals surface area contributed by atoms with Gasteiger partial charge in [0.05, 0.1) is 10.9 Å². The number of carbonyl (C=O) groups excluding carboxylic acids is 4. The van der Waals surface area contributed by atoms with Crippen LogP contribution in [0.1, 0.15) is 70.0 Å². The van der Waals surface area contributed by atoms with Gasteiger partial charge >= 0.3 is 0 Å². The van der Waals surface area contributed by atoms with E-state index in [9.17, 15) is 19.2 Å². The van der Waals surface area contributed by atoms with Crippen LogP contribution in [0.3, 0.4) is 0 Å². The molecule has 4 heterocycles. The molecule has 4 amide bonds. The van der Waals surface area contributed by atoms with Crippen LogP contribution >= 0.6 is 0 Å². The summed E-state index contributed by atoms with van der Waals surface area (Å²) in [5, 5.41) is 5.34. The summed E-state index contributed by atoms with van der Waals surface area (Å²) >= 11 is 0. The fourth-order valence-corrected chi connectivity index (χ4v) is 5.31. The second-order valence-corrected chi connectivity index (χ2v) is 9.71. The molecule has 1 unspecified atom stereocenters. The van der Waals surface area contributed by atoms with Crippen LogP contribution < -0.4 is 10.6 Å². The van der Waals surface area contributed by atoms with Crippen molar-refractivity contribution in [1.29, 1.82) is 0 Å². The van der Waals surface area contributed by atoms with Crippen molar-refractivity contribution in [3.8, 4) is 0 Å². The van der Waals surface area contributed by atoms with Crippen LogP contribution in [0.5, 0.6) is 0 Å². The number of piperidine rings is 1. The summed E-state index contributed by atoms with van der Waals surface area (Å²) in [5.41, 5.74) is 2.61. The fraction of sp³-hybridized carbons (Fsp3) is 0.346. The maximum atomic E-state index is 15.4. The molecule has 3 aliphatic rings. The van der Waals surface area contributed by atoms with E-state index in [1.165, 1.54) is 11.1 Å². The quantitative estimate of drug-likeness (QED) is 0.547. The number of carbonyl (C=O) groups is 4. The van der Waals surface area contributed by atoms with E-state index in [2.05, 4.69) is 15.6 Å². The van der Waals surface area contributed by atoms with Crippen LogP contribution in [0.15, 0.2) is 30.6 Å². The number of pyridine rings is 1. The van der Waals surface area contributed by atoms with Crippen molar-refractivity contribution in [2.24, 2.45) is 0 Å². The summed E-state index contributed by atoms with van der Waals surface area (Å²) in [5.74, 6) is -2.37. The minimum atomic E-state index is -0.719. The molecule has 1 aliphatic carbocycles. The number of hydrogen-bond acceptors (Lipinski definition) is 5. The van der Waals surface area contributed by atoms with Crippen molar-refractivity contribution in [2.45, 2.75) is 57.7 Å². The lowest BCUT2D eigenvalue weighted by atomic mass is 9.93. The Morgan fingerprint density at radius 2 is 2.00 bits per heavy atom. The van der Waals surface area contributed by atoms with Crippen molar-refractivity contribution in [1.82, 2.24) is 19.8 Å². The third-order valence-electron chi connectivity index (χ3n) is 7.46. The molecule has 1 saturated carbocycles. The number of aryl methyl sites for hydroxylation is 1. The van der Waals surface area contributed by atoms with Crippen LogP contribution in [0.2, 0.25) is 0 Å². The van der Waals surface area contributed by atoms with Gasteiger partial charge in [-0.1, -0.05) is 0 Å². The molecule has 1 atom stereocenters. The average Bonchev–Trinajstić information content (AvgIpc) is 3.30. The van der Waals surface area contributed by atoms with Gasteiger partial charge < -0.3 is 14.8 Å². The van der Waals surface area contributed by atoms with Crippen LogP contribution in [0, 0.1) is 12.7 Å². The Kier molecular flexibility index (Phi) is 5.13. The Hall–Kier alpha value is -4.08. The average molecular weight is 490 g/mol. The normalized spacial score (nSPS) is 19.9. The second-order valence-electron chi connectivity index (χ2n) is 9.71. The molecule has 0 bridgehead atoms. The number of rotatable bonds is 4. The van der Waals surface area contributed by atoms with Gasteiger partial charge in [0.25, 0.3) is 11.8 Å². The number of benzene rings is 1. The van der Waals surface area contributed by atoms with Crippen LogP contribution in [0.4, 0.5) is 10.1 Å². The molecule has 2 fully saturated rings. The minimum Gasteiger partial charge on any atom is -0.329 e. The number of amides is 4. The van der Waals surface area contributed by atoms with E-state index in [4.69, 9.17) is 0 Å². The standard InChI is InChI=1S/C26H24FN5O4/c1-13-11-31(16-3-2-4-16)23-21(13)22(27)18(10-28-23)24(34)29-15-5-6-17-14(9-15)12-32(26(17)36)19-7-8-20(33)30-25(19)35/h5-6,9-11,16,19H,2-4,7-8,12H2,1H3,(H,29,34)(H,30,33,35). The van der Waals surface area contributed by atoms with Gasteiger partial charge in [-0.3, -0.25) is 24.5 Å². The number of nitrogens with zero attached hydrogens (tertiary/aromatic N) is 3. The number of aromatic nitrogens is 2. The Morgan fingerprint density at radius 3 is 2.72 bits per heavy atom. The minimum absolute atomic E-state index is 0.154. The molecule has 2 aromatic heterocycles. The Balaban J connectivity index is 1.23. The summed E-state index contributed by atoms with van der Waals surface area (Å²) < 4.78 is 17.5. The van der Waals surface area contributed by atoms with Gasteiger partial charge in [0.1, 0.15) is 17.5 Å². The van der Waals surface area contributed by atoms with Crippen molar-refractivity contribution < 1.29 is 23.6 Å². The summed E-state index contributed by atoms with van der Waals surface area (Å²) in [6.45, 7) is 2.00. The van der Waals surface area contributed by atoms with E-state index >= 15 is 4.39 Å². The number of nitrogens with one attached hydrogen (secondary N) is 2. The lowest BCUT2D eigenvalue weighted by Crippen LogP contribution is -2.52. The third-order valence-corrected chi connectivity index (χ3v) is 7.46. The second kappa shape index (κ2) is 8.25. The first kappa shape index (κ1) is 22.4. The van der Waals surface area contributed by atoms with Gasteiger partial charge in [0, 0.05) is 42.7 Å². The van der Waals surface area contributed by atoms with Gasteiger partial charge in [0.15, 0.2) is 0 Å². The molecule has 3 aromatic rings. The number of anilines is 1. The van der Waals surface area contributed by atoms with E-state index in [1.54, 1.807) is 18.2 Å². The molecular formula is C26H24FN5O4. The molecule has 0 radical (unpaired) electrons. The van der Waals surface area contributed by atoms with E-state index in [1.807, 2.05) is 17.7 Å². The maximum Gasteiger partial charge on any atom is 0.260 e. The highest BCUT2D eigenvalue weighted by Crippen LogP contribution is 2.36. The molecular weight excluding hydrogens is 465 g/mol. The predicted octanol–water partition coefficient (Wildman–Crippen LogP) is 3.22. The third kappa shape index (κ3) is 3.47. The number of hydrogen-bond donors (Lipinski definition) is 2. The zero-order chi connectivity index (χ0) is 25.1. The monoisotopic (exact) mass is 489 g/mol. The molecule has 6 rings (SSSR count). The highest BCUT2D eigenvalue weighted by atomic mass is 19.1. The van der Waals surface area contributed by atoms with Gasteiger partial charge in [-0.2, -0.15) is 0 Å². The van der Waals surface area contributed by atoms with Gasteiger partial charge in [0.2, 0.25) is 11.8 Å². The van der Waals surface area contributed by atoms with E-state index in [-0.39, 0.29) is 36.8 Å². The Labute approximate surface area is 205 Å². The van der Waals surface area contributed by atoms with E-state index in [0.717, 1.165) is 24.8 Å². The summed E-state index contributed by atoms with van der Waals surface area (Å²) in [4.78, 5) is 55.4. The molecule has 10 heteroatoms. The Morgan fingerprint density at radius 1 is 1.19 bits per heavy atom. The first-order valence-electron chi connectivity index (χ1n) is 12.1. The maximum absolute atomic E-state index is 15.4. The van der Waals surface area contributed by atoms with E-state index in [0.29, 0.717) is 33.9 Å². The molecule has 36 heavy (non-hydrogen) atoms. The SMILES string of the molecule is Cc1cn(C2CCC2)c2ncc(C(=O)Nc3ccc4c(c3)CN(C3CCC(=O)NC3=O)C4=O)c(F)c12. The first-order valence-corrected chi connectivity index (χ1v) is 12.1. The van der Waals surface area contributed by atoms with Crippen LogP contribution in [-0.2, 0) is 16.1 Å². The molecule has 1 aromatic carbocycles. The lowest BCUT2D eigenvalue weighted by Gasteiger charge is -2.29. The van der Waals surface area contributed by atoms with Gasteiger partial charge in [-0.05, 0) is 61.9 Å². The molecule has 0 spiro atoms. The summed E-state index contributed by atoms with van der Waals surface area (Å²) in [6, 6.07) is 4.41. The lowest BCUT2D eigenvalue weighted by molar-refractivity contribution is -0.136. The van der Waals surface area contributed by atoms with Crippen molar-refractivity contribution in [3.63, 3.8) is 0 Å². The van der Waals surface area contributed by atoms with Crippen LogP contribution in [-0.4, -0.2) is 44.1 Å². The van der Waals surface area contributed by atoms with Crippen molar-refractivity contribution in [3.05, 3.63) is 58.7 Å².